The lowest BCUT2D eigenvalue weighted by Crippen LogP contribution is -2.33. The van der Waals surface area contributed by atoms with Gasteiger partial charge in [-0.05, 0) is 17.7 Å². The van der Waals surface area contributed by atoms with Crippen LogP contribution >= 0.6 is 0 Å². The number of amides is 3. The Bertz CT molecular complexity index is 997. The molecule has 0 spiro atoms. The van der Waals surface area contributed by atoms with Gasteiger partial charge in [-0.15, -0.1) is 0 Å². The Kier molecular flexibility index (Phi) is 4.90. The Labute approximate surface area is 166 Å². The minimum absolute atomic E-state index is 0.131. The lowest BCUT2D eigenvalue weighted by Gasteiger charge is -2.14. The van der Waals surface area contributed by atoms with Gasteiger partial charge in [0, 0.05) is 12.8 Å². The summed E-state index contributed by atoms with van der Waals surface area (Å²) in [5.74, 6) is -2.54. The zero-order valence-electron chi connectivity index (χ0n) is 15.4. The second-order valence-corrected chi connectivity index (χ2v) is 6.59. The molecule has 0 fully saturated rings. The van der Waals surface area contributed by atoms with Gasteiger partial charge in [-0.25, -0.2) is 9.80 Å². The molecule has 0 bridgehead atoms. The molecule has 0 aromatic heterocycles. The Morgan fingerprint density at radius 2 is 1.52 bits per heavy atom. The summed E-state index contributed by atoms with van der Waals surface area (Å²) in [6.07, 6.45) is 0.238. The third-order valence-electron chi connectivity index (χ3n) is 4.69. The van der Waals surface area contributed by atoms with Crippen molar-refractivity contribution in [1.29, 1.82) is 0 Å². The topological polar surface area (TPSA) is 96.3 Å². The molecule has 2 aromatic rings. The smallest absolute Gasteiger partial charge is 0.330 e. The number of hydrazone groups is 1. The van der Waals surface area contributed by atoms with Gasteiger partial charge in [0.05, 0.1) is 29.8 Å². The van der Waals surface area contributed by atoms with Gasteiger partial charge >= 0.3 is 5.97 Å². The standard InChI is InChI=1S/C21H17N3O5/c25-18(23-13-12-17(22-23)14-6-2-1-3-7-14)10-11-19(26)29-24-20(27)15-8-4-5-9-16(15)21(24)28/h1-9H,10-13H2. The molecule has 0 atom stereocenters. The molecule has 2 heterocycles. The summed E-state index contributed by atoms with van der Waals surface area (Å²) >= 11 is 0. The van der Waals surface area contributed by atoms with Crippen LogP contribution < -0.4 is 0 Å². The summed E-state index contributed by atoms with van der Waals surface area (Å²) in [5, 5.41) is 6.09. The van der Waals surface area contributed by atoms with E-state index in [2.05, 4.69) is 5.10 Å². The van der Waals surface area contributed by atoms with E-state index in [1.54, 1.807) is 12.1 Å². The molecular formula is C21H17N3O5. The lowest BCUT2D eigenvalue weighted by atomic mass is 10.1. The Morgan fingerprint density at radius 1 is 0.897 bits per heavy atom. The van der Waals surface area contributed by atoms with E-state index in [-0.39, 0.29) is 29.9 Å². The number of hydroxylamine groups is 2. The molecule has 2 aliphatic rings. The van der Waals surface area contributed by atoms with Crippen molar-refractivity contribution in [2.24, 2.45) is 5.10 Å². The number of carbonyl (C=O) groups is 4. The SMILES string of the molecule is O=C(CCC(=O)N1CCC(c2ccccc2)=N1)ON1C(=O)c2ccccc2C1=O. The Hall–Kier alpha value is -3.81. The molecule has 146 valence electrons. The fraction of sp³-hybridized carbons (Fsp3) is 0.190. The van der Waals surface area contributed by atoms with Crippen molar-refractivity contribution >= 4 is 29.4 Å². The van der Waals surface area contributed by atoms with Crippen LogP contribution in [0.5, 0.6) is 0 Å². The second kappa shape index (κ2) is 7.67. The van der Waals surface area contributed by atoms with Crippen molar-refractivity contribution in [3.05, 3.63) is 71.3 Å². The maximum absolute atomic E-state index is 12.3. The van der Waals surface area contributed by atoms with Gasteiger partial charge in [0.25, 0.3) is 11.8 Å². The van der Waals surface area contributed by atoms with Crippen molar-refractivity contribution in [2.45, 2.75) is 19.3 Å². The predicted octanol–water partition coefficient (Wildman–Crippen LogP) is 2.16. The van der Waals surface area contributed by atoms with E-state index < -0.39 is 17.8 Å². The number of nitrogens with zero attached hydrogens (tertiary/aromatic N) is 3. The molecule has 29 heavy (non-hydrogen) atoms. The van der Waals surface area contributed by atoms with E-state index in [1.165, 1.54) is 17.1 Å². The third kappa shape index (κ3) is 3.64. The highest BCUT2D eigenvalue weighted by molar-refractivity contribution is 6.20. The Morgan fingerprint density at radius 3 is 2.17 bits per heavy atom. The molecular weight excluding hydrogens is 374 g/mol. The zero-order chi connectivity index (χ0) is 20.4. The van der Waals surface area contributed by atoms with Crippen LogP contribution in [-0.4, -0.2) is 46.0 Å². The summed E-state index contributed by atoms with van der Waals surface area (Å²) in [7, 11) is 0. The molecule has 4 rings (SSSR count). The van der Waals surface area contributed by atoms with Crippen LogP contribution in [0.1, 0.15) is 45.5 Å². The van der Waals surface area contributed by atoms with Gasteiger partial charge in [0.2, 0.25) is 5.91 Å². The minimum atomic E-state index is -0.834. The molecule has 3 amide bonds. The van der Waals surface area contributed by atoms with Gasteiger partial charge in [0.15, 0.2) is 0 Å². The van der Waals surface area contributed by atoms with Gasteiger partial charge in [-0.1, -0.05) is 47.5 Å². The molecule has 0 radical (unpaired) electrons. The van der Waals surface area contributed by atoms with Crippen LogP contribution in [0.15, 0.2) is 59.7 Å². The average molecular weight is 391 g/mol. The van der Waals surface area contributed by atoms with Crippen molar-refractivity contribution in [2.75, 3.05) is 6.54 Å². The highest BCUT2D eigenvalue weighted by Gasteiger charge is 2.38. The molecule has 2 aliphatic heterocycles. The Balaban J connectivity index is 1.32. The number of benzene rings is 2. The third-order valence-corrected chi connectivity index (χ3v) is 4.69. The first-order valence-electron chi connectivity index (χ1n) is 9.16. The fourth-order valence-electron chi connectivity index (χ4n) is 3.21. The zero-order valence-corrected chi connectivity index (χ0v) is 15.4. The van der Waals surface area contributed by atoms with Crippen LogP contribution in [0.25, 0.3) is 0 Å². The lowest BCUT2D eigenvalue weighted by molar-refractivity contribution is -0.169. The molecule has 2 aromatic carbocycles. The van der Waals surface area contributed by atoms with Crippen LogP contribution in [0, 0.1) is 0 Å². The summed E-state index contributed by atoms with van der Waals surface area (Å²) in [6, 6.07) is 15.8. The molecule has 0 saturated carbocycles. The first-order valence-corrected chi connectivity index (χ1v) is 9.16. The van der Waals surface area contributed by atoms with E-state index in [1.807, 2.05) is 30.3 Å². The van der Waals surface area contributed by atoms with Crippen LogP contribution in [0.4, 0.5) is 0 Å². The number of imide groups is 1. The first-order chi connectivity index (χ1) is 14.0. The van der Waals surface area contributed by atoms with Crippen molar-refractivity contribution in [3.8, 4) is 0 Å². The largest absolute Gasteiger partial charge is 0.333 e. The van der Waals surface area contributed by atoms with Crippen molar-refractivity contribution in [3.63, 3.8) is 0 Å². The van der Waals surface area contributed by atoms with E-state index in [4.69, 9.17) is 4.84 Å². The molecule has 0 unspecified atom stereocenters. The summed E-state index contributed by atoms with van der Waals surface area (Å²) in [4.78, 5) is 53.7. The van der Waals surface area contributed by atoms with E-state index in [0.717, 1.165) is 11.3 Å². The number of rotatable bonds is 5. The molecule has 0 saturated heterocycles. The fourth-order valence-corrected chi connectivity index (χ4v) is 3.21. The highest BCUT2D eigenvalue weighted by Crippen LogP contribution is 2.23. The number of hydrogen-bond donors (Lipinski definition) is 0. The summed E-state index contributed by atoms with van der Waals surface area (Å²) in [5.41, 5.74) is 2.13. The van der Waals surface area contributed by atoms with E-state index in [0.29, 0.717) is 18.0 Å². The first kappa shape index (κ1) is 18.5. The van der Waals surface area contributed by atoms with Gasteiger partial charge < -0.3 is 4.84 Å². The molecule has 0 aliphatic carbocycles. The normalized spacial score (nSPS) is 15.4. The van der Waals surface area contributed by atoms with E-state index in [9.17, 15) is 19.2 Å². The highest BCUT2D eigenvalue weighted by atomic mass is 16.7. The number of fused-ring (bicyclic) bond motifs is 1. The van der Waals surface area contributed by atoms with Crippen LogP contribution in [-0.2, 0) is 14.4 Å². The quantitative estimate of drug-likeness (QED) is 0.728. The second-order valence-electron chi connectivity index (χ2n) is 6.59. The van der Waals surface area contributed by atoms with Crippen LogP contribution in [0.3, 0.4) is 0 Å². The molecule has 0 N–H and O–H groups in total. The minimum Gasteiger partial charge on any atom is -0.330 e. The van der Waals surface area contributed by atoms with Gasteiger partial charge in [-0.2, -0.15) is 5.10 Å². The number of hydrogen-bond acceptors (Lipinski definition) is 6. The van der Waals surface area contributed by atoms with Crippen molar-refractivity contribution < 1.29 is 24.0 Å². The summed E-state index contributed by atoms with van der Waals surface area (Å²) < 4.78 is 0. The van der Waals surface area contributed by atoms with E-state index >= 15 is 0 Å². The molecule has 8 nitrogen and oxygen atoms in total. The van der Waals surface area contributed by atoms with Gasteiger partial charge in [-0.3, -0.25) is 14.4 Å². The van der Waals surface area contributed by atoms with Gasteiger partial charge in [0.1, 0.15) is 0 Å². The summed E-state index contributed by atoms with van der Waals surface area (Å²) in [6.45, 7) is 0.441. The maximum atomic E-state index is 12.3. The average Bonchev–Trinajstić information content (AvgIpc) is 3.33. The number of carbonyl (C=O) groups excluding carboxylic acids is 4. The van der Waals surface area contributed by atoms with Crippen molar-refractivity contribution in [1.82, 2.24) is 10.1 Å². The maximum Gasteiger partial charge on any atom is 0.333 e. The molecule has 8 heteroatoms. The monoisotopic (exact) mass is 391 g/mol. The van der Waals surface area contributed by atoms with Crippen LogP contribution in [0.2, 0.25) is 0 Å². The predicted molar refractivity (Wildman–Crippen MR) is 102 cm³/mol.